The summed E-state index contributed by atoms with van der Waals surface area (Å²) >= 11 is 0. The van der Waals surface area contributed by atoms with Crippen LogP contribution >= 0.6 is 0 Å². The van der Waals surface area contributed by atoms with Crippen molar-refractivity contribution in [2.45, 2.75) is 302 Å². The zero-order valence-corrected chi connectivity index (χ0v) is 43.5. The number of aliphatic hydroxyl groups excluding tert-OH is 2. The van der Waals surface area contributed by atoms with E-state index in [-0.39, 0.29) is 12.5 Å². The van der Waals surface area contributed by atoms with Crippen molar-refractivity contribution in [2.24, 2.45) is 0 Å². The molecule has 378 valence electrons. The van der Waals surface area contributed by atoms with E-state index in [0.29, 0.717) is 6.42 Å². The van der Waals surface area contributed by atoms with Crippen LogP contribution in [0.3, 0.4) is 0 Å². The van der Waals surface area contributed by atoms with Crippen LogP contribution in [-0.4, -0.2) is 34.9 Å². The number of allylic oxidation sites excluding steroid dienone is 11. The van der Waals surface area contributed by atoms with E-state index in [2.05, 4.69) is 79.9 Å². The van der Waals surface area contributed by atoms with E-state index in [0.717, 1.165) is 57.8 Å². The Morgan fingerprint density at radius 3 is 1.02 bits per heavy atom. The van der Waals surface area contributed by atoms with E-state index in [1.165, 1.54) is 212 Å². The molecule has 0 aliphatic rings. The molecule has 2 atom stereocenters. The van der Waals surface area contributed by atoms with Crippen molar-refractivity contribution in [3.8, 4) is 0 Å². The second kappa shape index (κ2) is 56.2. The lowest BCUT2D eigenvalue weighted by Crippen LogP contribution is -2.45. The first-order valence-electron chi connectivity index (χ1n) is 28.7. The van der Waals surface area contributed by atoms with E-state index >= 15 is 0 Å². The smallest absolute Gasteiger partial charge is 0.220 e. The number of carbonyl (C=O) groups excluding carboxylic acids is 1. The third-order valence-corrected chi connectivity index (χ3v) is 12.9. The predicted molar refractivity (Wildman–Crippen MR) is 290 cm³/mol. The predicted octanol–water partition coefficient (Wildman–Crippen LogP) is 19.0. The van der Waals surface area contributed by atoms with Crippen LogP contribution in [-0.2, 0) is 4.79 Å². The molecule has 0 aliphatic carbocycles. The molecule has 1 amide bonds. The normalized spacial score (nSPS) is 13.4. The summed E-state index contributed by atoms with van der Waals surface area (Å²) in [5, 5.41) is 23.2. The number of nitrogens with one attached hydrogen (secondary N) is 1. The Morgan fingerprint density at radius 2 is 0.677 bits per heavy atom. The Hall–Kier alpha value is -2.17. The van der Waals surface area contributed by atoms with Crippen LogP contribution in [0.25, 0.3) is 0 Å². The Kier molecular flexibility index (Phi) is 54.3. The van der Waals surface area contributed by atoms with Gasteiger partial charge in [0.2, 0.25) is 5.91 Å². The van der Waals surface area contributed by atoms with Crippen molar-refractivity contribution < 1.29 is 15.0 Å². The number of rotatable bonds is 52. The zero-order chi connectivity index (χ0) is 47.0. The topological polar surface area (TPSA) is 69.6 Å². The number of hydrogen-bond acceptors (Lipinski definition) is 3. The van der Waals surface area contributed by atoms with Gasteiger partial charge in [-0.2, -0.15) is 0 Å². The highest BCUT2D eigenvalue weighted by atomic mass is 16.3. The average molecular weight is 907 g/mol. The van der Waals surface area contributed by atoms with Crippen LogP contribution in [0.5, 0.6) is 0 Å². The summed E-state index contributed by atoms with van der Waals surface area (Å²) in [4.78, 5) is 12.5. The van der Waals surface area contributed by atoms with Crippen LogP contribution in [0, 0.1) is 0 Å². The summed E-state index contributed by atoms with van der Waals surface area (Å²) in [6.45, 7) is 4.22. The molecule has 2 unspecified atom stereocenters. The lowest BCUT2D eigenvalue weighted by Gasteiger charge is -2.20. The van der Waals surface area contributed by atoms with Gasteiger partial charge in [-0.1, -0.05) is 292 Å². The standard InChI is InChI=1S/C61H111NO3/c1-3-5-7-9-11-13-15-17-19-21-23-25-27-28-29-30-31-32-33-34-35-37-39-41-43-45-47-49-51-53-55-57-61(65)62-59(58-63)60(64)56-54-52-50-48-46-44-42-40-38-36-26-24-22-20-18-16-14-12-10-8-6-4-2/h5,7,11,13,17,19,23,25,28-29,54,56,59-60,63-64H,3-4,6,8-10,12,14-16,18,20-22,24,26-27,30-53,55,57-58H2,1-2H3,(H,62,65)/b7-5-,13-11-,19-17-,25-23-,29-28-,56-54+. The van der Waals surface area contributed by atoms with Gasteiger partial charge in [0, 0.05) is 6.42 Å². The summed E-state index contributed by atoms with van der Waals surface area (Å²) in [5.74, 6) is -0.0630. The highest BCUT2D eigenvalue weighted by Gasteiger charge is 2.18. The van der Waals surface area contributed by atoms with Crippen molar-refractivity contribution in [1.29, 1.82) is 0 Å². The SMILES string of the molecule is CC/C=C\C/C=C\C/C=C\C/C=C\C/C=C\CCCCCCCCCCCCCCCCCC(=O)NC(CO)C(O)/C=C/CCCCCCCCCCCCCCCCCCCCCC. The minimum absolute atomic E-state index is 0.0630. The molecule has 0 aliphatic heterocycles. The molecule has 0 rings (SSSR count). The second-order valence-electron chi connectivity index (χ2n) is 19.3. The fourth-order valence-electron chi connectivity index (χ4n) is 8.62. The van der Waals surface area contributed by atoms with Gasteiger partial charge >= 0.3 is 0 Å². The van der Waals surface area contributed by atoms with E-state index in [1.807, 2.05) is 6.08 Å². The molecule has 4 heteroatoms. The largest absolute Gasteiger partial charge is 0.394 e. The first-order valence-corrected chi connectivity index (χ1v) is 28.7. The molecule has 0 bridgehead atoms. The van der Waals surface area contributed by atoms with Gasteiger partial charge in [0.05, 0.1) is 18.8 Å². The zero-order valence-electron chi connectivity index (χ0n) is 43.5. The molecule has 0 saturated heterocycles. The Balaban J connectivity index is 3.50. The number of carbonyl (C=O) groups is 1. The van der Waals surface area contributed by atoms with E-state index in [4.69, 9.17) is 0 Å². The fourth-order valence-corrected chi connectivity index (χ4v) is 8.62. The van der Waals surface area contributed by atoms with Crippen LogP contribution in [0.15, 0.2) is 72.9 Å². The lowest BCUT2D eigenvalue weighted by molar-refractivity contribution is -0.123. The number of aliphatic hydroxyl groups is 2. The number of hydrogen-bond donors (Lipinski definition) is 3. The minimum atomic E-state index is -0.842. The van der Waals surface area contributed by atoms with Crippen LogP contribution < -0.4 is 5.32 Å². The maximum absolute atomic E-state index is 12.5. The highest BCUT2D eigenvalue weighted by molar-refractivity contribution is 5.76. The van der Waals surface area contributed by atoms with E-state index < -0.39 is 12.1 Å². The van der Waals surface area contributed by atoms with Crippen molar-refractivity contribution in [1.82, 2.24) is 5.32 Å². The first kappa shape index (κ1) is 62.8. The molecule has 0 aromatic heterocycles. The van der Waals surface area contributed by atoms with Gasteiger partial charge in [-0.3, -0.25) is 4.79 Å². The Morgan fingerprint density at radius 1 is 0.385 bits per heavy atom. The molecular formula is C61H111NO3. The molecule has 0 saturated carbocycles. The Labute approximate surface area is 406 Å². The van der Waals surface area contributed by atoms with Gasteiger partial charge < -0.3 is 15.5 Å². The maximum Gasteiger partial charge on any atom is 0.220 e. The van der Waals surface area contributed by atoms with E-state index in [9.17, 15) is 15.0 Å². The average Bonchev–Trinajstić information content (AvgIpc) is 3.31. The highest BCUT2D eigenvalue weighted by Crippen LogP contribution is 2.17. The van der Waals surface area contributed by atoms with Gasteiger partial charge in [0.25, 0.3) is 0 Å². The van der Waals surface area contributed by atoms with Gasteiger partial charge in [-0.05, 0) is 64.2 Å². The summed E-state index contributed by atoms with van der Waals surface area (Å²) in [7, 11) is 0. The Bertz CT molecular complexity index is 1120. The number of unbranched alkanes of at least 4 members (excludes halogenated alkanes) is 35. The van der Waals surface area contributed by atoms with Crippen molar-refractivity contribution in [2.75, 3.05) is 6.61 Å². The molecule has 0 radical (unpaired) electrons. The van der Waals surface area contributed by atoms with E-state index in [1.54, 1.807) is 6.08 Å². The monoisotopic (exact) mass is 906 g/mol. The molecule has 4 nitrogen and oxygen atoms in total. The molecular weight excluding hydrogens is 795 g/mol. The van der Waals surface area contributed by atoms with Crippen molar-refractivity contribution in [3.05, 3.63) is 72.9 Å². The van der Waals surface area contributed by atoms with Gasteiger partial charge in [0.1, 0.15) is 0 Å². The molecule has 3 N–H and O–H groups in total. The quantitative estimate of drug-likeness (QED) is 0.0421. The van der Waals surface area contributed by atoms with Crippen LogP contribution in [0.2, 0.25) is 0 Å². The molecule has 0 fully saturated rings. The summed E-state index contributed by atoms with van der Waals surface area (Å²) < 4.78 is 0. The second-order valence-corrected chi connectivity index (χ2v) is 19.3. The summed E-state index contributed by atoms with van der Waals surface area (Å²) in [6, 6.07) is -0.626. The molecule has 0 aromatic carbocycles. The van der Waals surface area contributed by atoms with Crippen molar-refractivity contribution in [3.63, 3.8) is 0 Å². The third-order valence-electron chi connectivity index (χ3n) is 12.9. The van der Waals surface area contributed by atoms with Gasteiger partial charge in [0.15, 0.2) is 0 Å². The summed E-state index contributed by atoms with van der Waals surface area (Å²) in [6.07, 6.45) is 80.6. The fraction of sp³-hybridized carbons (Fsp3) is 0.787. The lowest BCUT2D eigenvalue weighted by atomic mass is 10.0. The molecule has 0 aromatic rings. The third kappa shape index (κ3) is 52.7. The van der Waals surface area contributed by atoms with Crippen LogP contribution in [0.4, 0.5) is 0 Å². The molecule has 65 heavy (non-hydrogen) atoms. The van der Waals surface area contributed by atoms with Gasteiger partial charge in [-0.15, -0.1) is 0 Å². The molecule has 0 heterocycles. The summed E-state index contributed by atoms with van der Waals surface area (Å²) in [5.41, 5.74) is 0. The van der Waals surface area contributed by atoms with Crippen molar-refractivity contribution >= 4 is 5.91 Å². The maximum atomic E-state index is 12.5. The first-order chi connectivity index (χ1) is 32.2. The molecule has 0 spiro atoms. The number of amides is 1. The minimum Gasteiger partial charge on any atom is -0.394 e. The van der Waals surface area contributed by atoms with Crippen LogP contribution in [0.1, 0.15) is 290 Å². The van der Waals surface area contributed by atoms with Gasteiger partial charge in [-0.25, -0.2) is 0 Å².